The second kappa shape index (κ2) is 15.3. The Bertz CT molecular complexity index is 505. The number of nitrogens with two attached hydrogens (primary N) is 2. The van der Waals surface area contributed by atoms with Gasteiger partial charge in [-0.25, -0.2) is 4.99 Å². The zero-order valence-electron chi connectivity index (χ0n) is 14.1. The third kappa shape index (κ3) is 9.93. The number of carbonyl (C=O) groups excluding carboxylic acids is 1. The van der Waals surface area contributed by atoms with Crippen LogP contribution in [0.2, 0.25) is 0 Å². The first-order chi connectivity index (χ1) is 11.1. The number of hydrogen-bond donors (Lipinski definition) is 3. The van der Waals surface area contributed by atoms with E-state index in [-0.39, 0.29) is 6.61 Å². The average Bonchev–Trinajstić information content (AvgIpc) is 2.69. The van der Waals surface area contributed by atoms with Crippen LogP contribution in [0, 0.1) is 0 Å². The molecule has 0 aromatic carbocycles. The number of hydrogen-bond acceptors (Lipinski definition) is 6. The minimum atomic E-state index is 0.250. The van der Waals surface area contributed by atoms with Crippen molar-refractivity contribution in [1.29, 1.82) is 0 Å². The molecule has 0 spiro atoms. The van der Waals surface area contributed by atoms with Gasteiger partial charge in [0, 0.05) is 23.7 Å². The Balaban J connectivity index is 0. The zero-order valence-corrected chi connectivity index (χ0v) is 15.6. The van der Waals surface area contributed by atoms with Crippen molar-refractivity contribution in [2.75, 3.05) is 13.7 Å². The van der Waals surface area contributed by atoms with E-state index in [1.807, 2.05) is 12.9 Å². The van der Waals surface area contributed by atoms with Gasteiger partial charge in [-0.15, -0.1) is 0 Å². The molecule has 0 aliphatic carbocycles. The first-order valence-electron chi connectivity index (χ1n) is 7.26. The molecule has 2 heterocycles. The van der Waals surface area contributed by atoms with Crippen LogP contribution in [0.3, 0.4) is 0 Å². The first-order valence-corrected chi connectivity index (χ1v) is 8.05. The van der Waals surface area contributed by atoms with Crippen molar-refractivity contribution in [3.05, 3.63) is 28.0 Å². The lowest BCUT2D eigenvalue weighted by atomic mass is 10.1. The number of pyridine rings is 1. The maximum atomic E-state index is 8.00. The van der Waals surface area contributed by atoms with Crippen LogP contribution in [0.1, 0.15) is 38.8 Å². The lowest BCUT2D eigenvalue weighted by Crippen LogP contribution is -2.11. The molecule has 7 heteroatoms. The predicted octanol–water partition coefficient (Wildman–Crippen LogP) is 2.81. The van der Waals surface area contributed by atoms with Gasteiger partial charge in [0.15, 0.2) is 0 Å². The van der Waals surface area contributed by atoms with Gasteiger partial charge in [0.2, 0.25) is 0 Å². The fraction of sp³-hybridized carbons (Fsp3) is 0.438. The standard InChI is InChI=1S/C12H14BrN3.C2H6O.CH5N.CH2O/c1-2-3-8-4-10-11(16-12(14)5-8)6-9(13)7-15-10;1-2-3;2*1-2/h4,6-7H,2-3,5H2,1H3,(H2,14,16);3H,2H2,1H3;2H2,1H3;1H2. The van der Waals surface area contributed by atoms with E-state index in [0.29, 0.717) is 5.84 Å². The molecule has 2 rings (SSSR count). The Morgan fingerprint density at radius 3 is 2.43 bits per heavy atom. The van der Waals surface area contributed by atoms with Crippen LogP contribution < -0.4 is 11.5 Å². The Kier molecular flexibility index (Phi) is 15.8. The minimum Gasteiger partial charge on any atom is -0.397 e. The average molecular weight is 387 g/mol. The summed E-state index contributed by atoms with van der Waals surface area (Å²) in [6, 6.07) is 1.95. The van der Waals surface area contributed by atoms with E-state index in [1.165, 1.54) is 12.6 Å². The van der Waals surface area contributed by atoms with Gasteiger partial charge in [-0.05, 0) is 48.5 Å². The Labute approximate surface area is 146 Å². The number of aliphatic imine (C=N–C) groups is 1. The predicted molar refractivity (Wildman–Crippen MR) is 101 cm³/mol. The summed E-state index contributed by atoms with van der Waals surface area (Å²) in [7, 11) is 1.50. The Morgan fingerprint density at radius 1 is 1.35 bits per heavy atom. The van der Waals surface area contributed by atoms with Crippen molar-refractivity contribution >= 4 is 40.3 Å². The van der Waals surface area contributed by atoms with Gasteiger partial charge in [0.1, 0.15) is 12.6 Å². The highest BCUT2D eigenvalue weighted by atomic mass is 79.9. The molecular weight excluding hydrogens is 360 g/mol. The van der Waals surface area contributed by atoms with Gasteiger partial charge in [-0.3, -0.25) is 4.98 Å². The highest BCUT2D eigenvalue weighted by molar-refractivity contribution is 9.10. The van der Waals surface area contributed by atoms with Crippen LogP contribution in [0.5, 0.6) is 0 Å². The van der Waals surface area contributed by atoms with Crippen molar-refractivity contribution in [1.82, 2.24) is 4.98 Å². The third-order valence-corrected chi connectivity index (χ3v) is 2.88. The van der Waals surface area contributed by atoms with Crippen molar-refractivity contribution in [2.45, 2.75) is 33.1 Å². The highest BCUT2D eigenvalue weighted by Crippen LogP contribution is 2.28. The first kappa shape index (κ1) is 23.7. The highest BCUT2D eigenvalue weighted by Gasteiger charge is 2.10. The van der Waals surface area contributed by atoms with Gasteiger partial charge < -0.3 is 21.4 Å². The summed E-state index contributed by atoms with van der Waals surface area (Å²) in [5.74, 6) is 0.665. The zero-order chi connectivity index (χ0) is 18.3. The maximum Gasteiger partial charge on any atom is 0.106 e. The van der Waals surface area contributed by atoms with Gasteiger partial charge >= 0.3 is 0 Å². The number of aromatic nitrogens is 1. The summed E-state index contributed by atoms with van der Waals surface area (Å²) in [6.45, 7) is 6.09. The largest absolute Gasteiger partial charge is 0.397 e. The Morgan fingerprint density at radius 2 is 1.91 bits per heavy atom. The molecule has 1 aromatic rings. The molecule has 5 N–H and O–H groups in total. The Hall–Kier alpha value is -1.57. The van der Waals surface area contributed by atoms with Gasteiger partial charge in [0.05, 0.1) is 11.4 Å². The molecule has 1 aliphatic heterocycles. The van der Waals surface area contributed by atoms with E-state index < -0.39 is 0 Å². The summed E-state index contributed by atoms with van der Waals surface area (Å²) in [6.07, 6.45) is 6.81. The summed E-state index contributed by atoms with van der Waals surface area (Å²) >= 11 is 3.39. The number of fused-ring (bicyclic) bond motifs is 1. The van der Waals surface area contributed by atoms with Crippen LogP contribution >= 0.6 is 15.9 Å². The number of nitrogens with zero attached hydrogens (tertiary/aromatic N) is 2. The van der Waals surface area contributed by atoms with E-state index in [2.05, 4.69) is 44.6 Å². The van der Waals surface area contributed by atoms with Gasteiger partial charge in [0.25, 0.3) is 0 Å². The monoisotopic (exact) mass is 386 g/mol. The molecule has 23 heavy (non-hydrogen) atoms. The van der Waals surface area contributed by atoms with Crippen LogP contribution in [-0.2, 0) is 4.79 Å². The van der Waals surface area contributed by atoms with E-state index >= 15 is 0 Å². The normalized spacial score (nSPS) is 11.6. The second-order valence-electron chi connectivity index (χ2n) is 4.21. The lowest BCUT2D eigenvalue weighted by molar-refractivity contribution is -0.0979. The number of aliphatic hydroxyl groups is 1. The topological polar surface area (TPSA) is 115 Å². The molecule has 1 aliphatic rings. The number of halogens is 1. The molecule has 0 unspecified atom stereocenters. The third-order valence-electron chi connectivity index (χ3n) is 2.45. The SMILES string of the molecule is C=O.CCCC1=Cc2ncc(Br)cc2N=C(N)C1.CCO.CN. The van der Waals surface area contributed by atoms with Gasteiger partial charge in [-0.1, -0.05) is 18.9 Å². The summed E-state index contributed by atoms with van der Waals surface area (Å²) in [5.41, 5.74) is 13.4. The number of amidine groups is 1. The van der Waals surface area contributed by atoms with E-state index in [4.69, 9.17) is 15.6 Å². The van der Waals surface area contributed by atoms with E-state index in [9.17, 15) is 0 Å². The smallest absolute Gasteiger partial charge is 0.106 e. The van der Waals surface area contributed by atoms with Crippen LogP contribution in [0.15, 0.2) is 27.3 Å². The van der Waals surface area contributed by atoms with Crippen molar-refractivity contribution in [3.8, 4) is 0 Å². The number of rotatable bonds is 2. The van der Waals surface area contributed by atoms with E-state index in [0.717, 1.165) is 35.1 Å². The molecular formula is C16H27BrN4O2. The summed E-state index contributed by atoms with van der Waals surface area (Å²) in [5, 5.41) is 7.57. The van der Waals surface area contributed by atoms with Gasteiger partial charge in [-0.2, -0.15) is 0 Å². The molecule has 0 atom stereocenters. The molecule has 0 fully saturated rings. The quantitative estimate of drug-likeness (QED) is 0.722. The lowest BCUT2D eigenvalue weighted by Gasteiger charge is -2.02. The molecule has 0 amide bonds. The van der Waals surface area contributed by atoms with Crippen LogP contribution in [0.25, 0.3) is 6.08 Å². The molecule has 130 valence electrons. The van der Waals surface area contributed by atoms with Crippen molar-refractivity contribution in [3.63, 3.8) is 0 Å². The van der Waals surface area contributed by atoms with E-state index in [1.54, 1.807) is 13.1 Å². The number of carbonyl (C=O) groups is 1. The van der Waals surface area contributed by atoms with Crippen molar-refractivity contribution < 1.29 is 9.90 Å². The fourth-order valence-corrected chi connectivity index (χ4v) is 2.11. The maximum absolute atomic E-state index is 8.00. The fourth-order valence-electron chi connectivity index (χ4n) is 1.79. The number of aliphatic hydroxyl groups excluding tert-OH is 1. The molecule has 0 saturated carbocycles. The molecule has 0 radical (unpaired) electrons. The van der Waals surface area contributed by atoms with Crippen molar-refractivity contribution in [2.24, 2.45) is 16.5 Å². The summed E-state index contributed by atoms with van der Waals surface area (Å²) in [4.78, 5) is 16.7. The summed E-state index contributed by atoms with van der Waals surface area (Å²) < 4.78 is 0.926. The van der Waals surface area contributed by atoms with Crippen LogP contribution in [0.4, 0.5) is 5.69 Å². The molecule has 1 aromatic heterocycles. The molecule has 6 nitrogen and oxygen atoms in total. The minimum absolute atomic E-state index is 0.250. The second-order valence-corrected chi connectivity index (χ2v) is 5.12. The van der Waals surface area contributed by atoms with Crippen LogP contribution in [-0.4, -0.2) is 36.4 Å². The molecule has 0 saturated heterocycles. The molecule has 0 bridgehead atoms.